The van der Waals surface area contributed by atoms with Gasteiger partial charge in [0.1, 0.15) is 0 Å². The van der Waals surface area contributed by atoms with Crippen molar-refractivity contribution in [3.63, 3.8) is 0 Å². The quantitative estimate of drug-likeness (QED) is 0.825. The first-order valence-corrected chi connectivity index (χ1v) is 6.42. The van der Waals surface area contributed by atoms with Crippen molar-refractivity contribution >= 4 is 23.4 Å². The molecule has 0 radical (unpaired) electrons. The van der Waals surface area contributed by atoms with Gasteiger partial charge in [0, 0.05) is 38.2 Å². The number of piperazine rings is 1. The van der Waals surface area contributed by atoms with Crippen molar-refractivity contribution in [3.05, 3.63) is 34.3 Å². The fraction of sp³-hybridized carbons (Fsp3) is 0.385. The second-order valence-electron chi connectivity index (χ2n) is 4.58. The number of likely N-dealkylation sites (N-methyl/N-ethyl adjacent to an activating group) is 1. The third kappa shape index (κ3) is 2.88. The van der Waals surface area contributed by atoms with Gasteiger partial charge in [0.15, 0.2) is 0 Å². The van der Waals surface area contributed by atoms with Crippen LogP contribution in [0.15, 0.2) is 18.2 Å². The third-order valence-electron chi connectivity index (χ3n) is 3.24. The molecule has 1 aliphatic heterocycles. The van der Waals surface area contributed by atoms with Gasteiger partial charge in [-0.1, -0.05) is 23.7 Å². The SMILES string of the molecule is CN1CCN(Cc2ccc(CN)cc2Cl)C(=O)C1=O. The molecule has 19 heavy (non-hydrogen) atoms. The summed E-state index contributed by atoms with van der Waals surface area (Å²) in [4.78, 5) is 26.4. The van der Waals surface area contributed by atoms with Crippen LogP contribution >= 0.6 is 11.6 Å². The second-order valence-corrected chi connectivity index (χ2v) is 4.99. The van der Waals surface area contributed by atoms with Gasteiger partial charge in [-0.25, -0.2) is 0 Å². The molecule has 5 nitrogen and oxygen atoms in total. The van der Waals surface area contributed by atoms with Gasteiger partial charge in [-0.15, -0.1) is 0 Å². The second kappa shape index (κ2) is 5.59. The van der Waals surface area contributed by atoms with Crippen LogP contribution in [0.25, 0.3) is 0 Å². The van der Waals surface area contributed by atoms with E-state index in [1.807, 2.05) is 12.1 Å². The summed E-state index contributed by atoms with van der Waals surface area (Å²) in [5.74, 6) is -0.950. The smallest absolute Gasteiger partial charge is 0.312 e. The monoisotopic (exact) mass is 281 g/mol. The summed E-state index contributed by atoms with van der Waals surface area (Å²) >= 11 is 6.15. The lowest BCUT2D eigenvalue weighted by molar-refractivity contribution is -0.155. The Balaban J connectivity index is 2.13. The highest BCUT2D eigenvalue weighted by Crippen LogP contribution is 2.20. The number of hydrogen-bond donors (Lipinski definition) is 1. The summed E-state index contributed by atoms with van der Waals surface area (Å²) < 4.78 is 0. The molecule has 6 heteroatoms. The van der Waals surface area contributed by atoms with Gasteiger partial charge in [0.05, 0.1) is 0 Å². The van der Waals surface area contributed by atoms with E-state index >= 15 is 0 Å². The van der Waals surface area contributed by atoms with Crippen LogP contribution in [0.5, 0.6) is 0 Å². The molecule has 0 aliphatic carbocycles. The molecular formula is C13H16ClN3O2. The first-order chi connectivity index (χ1) is 9.02. The Morgan fingerprint density at radius 2 is 2.00 bits per heavy atom. The molecule has 0 unspecified atom stereocenters. The Kier molecular flexibility index (Phi) is 4.07. The number of nitrogens with zero attached hydrogens (tertiary/aromatic N) is 2. The van der Waals surface area contributed by atoms with E-state index in [4.69, 9.17) is 17.3 Å². The molecular weight excluding hydrogens is 266 g/mol. The van der Waals surface area contributed by atoms with E-state index in [1.165, 1.54) is 9.80 Å². The molecule has 1 fully saturated rings. The van der Waals surface area contributed by atoms with Gasteiger partial charge >= 0.3 is 11.8 Å². The lowest BCUT2D eigenvalue weighted by Crippen LogP contribution is -2.52. The van der Waals surface area contributed by atoms with Gasteiger partial charge in [-0.3, -0.25) is 9.59 Å². The molecule has 1 aromatic rings. The Hall–Kier alpha value is -1.59. The van der Waals surface area contributed by atoms with Crippen LogP contribution in [-0.4, -0.2) is 41.8 Å². The van der Waals surface area contributed by atoms with Crippen molar-refractivity contribution in [1.82, 2.24) is 9.80 Å². The number of hydrogen-bond acceptors (Lipinski definition) is 3. The van der Waals surface area contributed by atoms with Crippen LogP contribution < -0.4 is 5.73 Å². The zero-order valence-corrected chi connectivity index (χ0v) is 11.5. The van der Waals surface area contributed by atoms with Gasteiger partial charge in [0.25, 0.3) is 0 Å². The fourth-order valence-electron chi connectivity index (χ4n) is 1.97. The van der Waals surface area contributed by atoms with E-state index in [9.17, 15) is 9.59 Å². The summed E-state index contributed by atoms with van der Waals surface area (Å²) in [6, 6.07) is 5.52. The minimum atomic E-state index is -0.479. The highest BCUT2D eigenvalue weighted by Gasteiger charge is 2.30. The van der Waals surface area contributed by atoms with Crippen molar-refractivity contribution in [2.24, 2.45) is 5.73 Å². The minimum Gasteiger partial charge on any atom is -0.336 e. The highest BCUT2D eigenvalue weighted by atomic mass is 35.5. The Morgan fingerprint density at radius 3 is 2.63 bits per heavy atom. The Bertz CT molecular complexity index is 519. The largest absolute Gasteiger partial charge is 0.336 e. The highest BCUT2D eigenvalue weighted by molar-refractivity contribution is 6.35. The van der Waals surface area contributed by atoms with E-state index in [0.29, 0.717) is 31.2 Å². The maximum Gasteiger partial charge on any atom is 0.312 e. The van der Waals surface area contributed by atoms with E-state index in [-0.39, 0.29) is 0 Å². The first-order valence-electron chi connectivity index (χ1n) is 6.04. The van der Waals surface area contributed by atoms with Gasteiger partial charge in [0.2, 0.25) is 0 Å². The molecule has 0 bridgehead atoms. The van der Waals surface area contributed by atoms with Crippen molar-refractivity contribution in [1.29, 1.82) is 0 Å². The molecule has 2 amide bonds. The minimum absolute atomic E-state index is 0.349. The summed E-state index contributed by atoms with van der Waals surface area (Å²) in [5, 5.41) is 0.571. The van der Waals surface area contributed by atoms with Crippen LogP contribution in [0.1, 0.15) is 11.1 Å². The molecule has 1 heterocycles. The molecule has 0 atom stereocenters. The lowest BCUT2D eigenvalue weighted by Gasteiger charge is -2.31. The molecule has 1 aliphatic rings. The van der Waals surface area contributed by atoms with Crippen LogP contribution in [0, 0.1) is 0 Å². The van der Waals surface area contributed by atoms with Crippen LogP contribution in [0.4, 0.5) is 0 Å². The number of rotatable bonds is 3. The summed E-state index contributed by atoms with van der Waals surface area (Å²) in [7, 11) is 1.63. The first kappa shape index (κ1) is 13.8. The maximum absolute atomic E-state index is 11.8. The van der Waals surface area contributed by atoms with Crippen molar-refractivity contribution in [2.45, 2.75) is 13.1 Å². The fourth-order valence-corrected chi connectivity index (χ4v) is 2.24. The Morgan fingerprint density at radius 1 is 1.26 bits per heavy atom. The number of nitrogens with two attached hydrogens (primary N) is 1. The number of carbonyl (C=O) groups excluding carboxylic acids is 2. The predicted molar refractivity (Wildman–Crippen MR) is 72.4 cm³/mol. The molecule has 1 aromatic carbocycles. The van der Waals surface area contributed by atoms with Crippen LogP contribution in [0.3, 0.4) is 0 Å². The van der Waals surface area contributed by atoms with Gasteiger partial charge < -0.3 is 15.5 Å². The summed E-state index contributed by atoms with van der Waals surface area (Å²) in [6.45, 7) is 1.84. The predicted octanol–water partition coefficient (Wildman–Crippen LogP) is 0.599. The standard InChI is InChI=1S/C13H16ClN3O2/c1-16-4-5-17(13(19)12(16)18)8-10-3-2-9(7-15)6-11(10)14/h2-3,6H,4-5,7-8,15H2,1H3. The number of amides is 2. The van der Waals surface area contributed by atoms with Crippen molar-refractivity contribution in [2.75, 3.05) is 20.1 Å². The van der Waals surface area contributed by atoms with Crippen molar-refractivity contribution < 1.29 is 9.59 Å². The topological polar surface area (TPSA) is 66.6 Å². The molecule has 0 aromatic heterocycles. The van der Waals surface area contributed by atoms with E-state index in [2.05, 4.69) is 0 Å². The van der Waals surface area contributed by atoms with E-state index < -0.39 is 11.8 Å². The molecule has 102 valence electrons. The number of carbonyl (C=O) groups is 2. The summed E-state index contributed by atoms with van der Waals surface area (Å²) in [5.41, 5.74) is 7.30. The van der Waals surface area contributed by atoms with Gasteiger partial charge in [-0.05, 0) is 17.2 Å². The molecule has 0 saturated carbocycles. The maximum atomic E-state index is 11.8. The molecule has 0 spiro atoms. The molecule has 2 N–H and O–H groups in total. The van der Waals surface area contributed by atoms with E-state index in [0.717, 1.165) is 11.1 Å². The lowest BCUT2D eigenvalue weighted by atomic mass is 10.1. The van der Waals surface area contributed by atoms with Crippen LogP contribution in [-0.2, 0) is 22.7 Å². The summed E-state index contributed by atoms with van der Waals surface area (Å²) in [6.07, 6.45) is 0. The van der Waals surface area contributed by atoms with Crippen LogP contribution in [0.2, 0.25) is 5.02 Å². The van der Waals surface area contributed by atoms with E-state index in [1.54, 1.807) is 13.1 Å². The zero-order chi connectivity index (χ0) is 14.0. The number of halogens is 1. The van der Waals surface area contributed by atoms with Gasteiger partial charge in [-0.2, -0.15) is 0 Å². The Labute approximate surface area is 116 Å². The average Bonchev–Trinajstić information content (AvgIpc) is 2.41. The molecule has 2 rings (SSSR count). The molecule has 1 saturated heterocycles. The van der Waals surface area contributed by atoms with Crippen molar-refractivity contribution in [3.8, 4) is 0 Å². The zero-order valence-electron chi connectivity index (χ0n) is 10.7. The average molecular weight is 282 g/mol. The number of benzene rings is 1. The normalized spacial score (nSPS) is 16.2. The third-order valence-corrected chi connectivity index (χ3v) is 3.59.